The van der Waals surface area contributed by atoms with Gasteiger partial charge in [-0.3, -0.25) is 0 Å². The molecule has 6 N–H and O–H groups in total. The first kappa shape index (κ1) is 33.7. The molecular weight excluding hydrogens is 717 g/mol. The molecule has 0 saturated heterocycles. The molecular formula is C29H23Br2F3N4O6. The summed E-state index contributed by atoms with van der Waals surface area (Å²) in [6.07, 6.45) is -4.56. The minimum atomic E-state index is -4.56. The van der Waals surface area contributed by atoms with E-state index in [9.17, 15) is 37.8 Å². The number of alkyl halides is 3. The van der Waals surface area contributed by atoms with Crippen molar-refractivity contribution in [3.63, 3.8) is 0 Å². The van der Waals surface area contributed by atoms with Crippen molar-refractivity contribution in [1.82, 2.24) is 0 Å². The third-order valence-electron chi connectivity index (χ3n) is 5.48. The lowest BCUT2D eigenvalue weighted by atomic mass is 10.2. The van der Waals surface area contributed by atoms with E-state index in [4.69, 9.17) is 0 Å². The molecule has 4 rings (SSSR count). The topological polar surface area (TPSA) is 149 Å². The van der Waals surface area contributed by atoms with Gasteiger partial charge in [0.25, 0.3) is 0 Å². The zero-order valence-electron chi connectivity index (χ0n) is 22.5. The summed E-state index contributed by atoms with van der Waals surface area (Å²) in [7, 11) is 1.25. The number of para-hydroxylation sites is 2. The van der Waals surface area contributed by atoms with Gasteiger partial charge >= 0.3 is 24.2 Å². The third-order valence-corrected chi connectivity index (χ3v) is 6.87. The molecule has 4 aromatic rings. The third kappa shape index (κ3) is 9.64. The molecule has 0 aliphatic heterocycles. The van der Waals surface area contributed by atoms with Crippen molar-refractivity contribution >= 4 is 72.6 Å². The van der Waals surface area contributed by atoms with Crippen LogP contribution in [0.25, 0.3) is 0 Å². The second-order valence-electron chi connectivity index (χ2n) is 8.57. The molecule has 0 radical (unpaired) electrons. The second kappa shape index (κ2) is 15.1. The number of ether oxygens (including phenoxy) is 1. The number of carbonyl (C=O) groups is 3. The van der Waals surface area contributed by atoms with E-state index in [0.29, 0.717) is 21.9 Å². The molecule has 0 aromatic heterocycles. The number of anilines is 4. The highest BCUT2D eigenvalue weighted by Crippen LogP contribution is 2.34. The van der Waals surface area contributed by atoms with Crippen molar-refractivity contribution in [2.45, 2.75) is 6.18 Å². The number of urea groups is 2. The summed E-state index contributed by atoms with van der Waals surface area (Å²) in [5, 5.41) is 29.3. The molecule has 0 fully saturated rings. The van der Waals surface area contributed by atoms with Gasteiger partial charge in [-0.15, -0.1) is 0 Å². The number of methoxy groups -OCH3 is 1. The molecule has 0 bridgehead atoms. The van der Waals surface area contributed by atoms with Gasteiger partial charge in [0.05, 0.1) is 41.0 Å². The van der Waals surface area contributed by atoms with Crippen LogP contribution in [0.1, 0.15) is 15.9 Å². The number of aromatic hydroxyl groups is 2. The lowest BCUT2D eigenvalue weighted by Gasteiger charge is -2.12. The van der Waals surface area contributed by atoms with Crippen molar-refractivity contribution < 1.29 is 42.5 Å². The van der Waals surface area contributed by atoms with Crippen LogP contribution >= 0.6 is 31.9 Å². The summed E-state index contributed by atoms with van der Waals surface area (Å²) in [5.74, 6) is -1.47. The van der Waals surface area contributed by atoms with Gasteiger partial charge in [0, 0.05) is 8.95 Å². The molecule has 0 saturated carbocycles. The Morgan fingerprint density at radius 2 is 1.09 bits per heavy atom. The summed E-state index contributed by atoms with van der Waals surface area (Å²) in [5.41, 5.74) is 0.311. The highest BCUT2D eigenvalue weighted by atomic mass is 79.9. The highest BCUT2D eigenvalue weighted by molar-refractivity contribution is 9.11. The van der Waals surface area contributed by atoms with E-state index in [1.54, 1.807) is 42.5 Å². The van der Waals surface area contributed by atoms with E-state index in [1.807, 2.05) is 6.07 Å². The number of esters is 1. The monoisotopic (exact) mass is 738 g/mol. The van der Waals surface area contributed by atoms with E-state index < -0.39 is 35.5 Å². The number of hydrogen-bond donors (Lipinski definition) is 6. The Morgan fingerprint density at radius 3 is 1.50 bits per heavy atom. The summed E-state index contributed by atoms with van der Waals surface area (Å²) in [6, 6.07) is 19.1. The zero-order valence-corrected chi connectivity index (χ0v) is 25.7. The minimum Gasteiger partial charge on any atom is -0.506 e. The maximum atomic E-state index is 12.5. The van der Waals surface area contributed by atoms with E-state index >= 15 is 0 Å². The van der Waals surface area contributed by atoms with Crippen molar-refractivity contribution in [3.8, 4) is 11.5 Å². The number of amides is 4. The minimum absolute atomic E-state index is 0.127. The number of benzene rings is 4. The second-order valence-corrected chi connectivity index (χ2v) is 10.3. The Morgan fingerprint density at radius 1 is 0.659 bits per heavy atom. The quantitative estimate of drug-likeness (QED) is 0.0895. The fraction of sp³-hybridized carbons (Fsp3) is 0.0690. The normalized spacial score (nSPS) is 10.5. The molecule has 0 unspecified atom stereocenters. The van der Waals surface area contributed by atoms with E-state index in [0.717, 1.165) is 16.6 Å². The molecule has 0 aliphatic rings. The van der Waals surface area contributed by atoms with Crippen LogP contribution < -0.4 is 21.3 Å². The van der Waals surface area contributed by atoms with Crippen molar-refractivity contribution in [2.75, 3.05) is 28.4 Å². The molecule has 15 heteroatoms. The molecule has 4 amide bonds. The first-order valence-electron chi connectivity index (χ1n) is 12.2. The maximum absolute atomic E-state index is 12.5. The average Bonchev–Trinajstić information content (AvgIpc) is 2.97. The molecule has 0 heterocycles. The zero-order chi connectivity index (χ0) is 32.4. The fourth-order valence-corrected chi connectivity index (χ4v) is 4.14. The Balaban J connectivity index is 0.000000240. The molecule has 44 heavy (non-hydrogen) atoms. The largest absolute Gasteiger partial charge is 0.506 e. The van der Waals surface area contributed by atoms with Gasteiger partial charge in [0.2, 0.25) is 0 Å². The Hall–Kier alpha value is -4.76. The van der Waals surface area contributed by atoms with Crippen LogP contribution in [0.2, 0.25) is 0 Å². The molecule has 0 aliphatic carbocycles. The average molecular weight is 740 g/mol. The predicted octanol–water partition coefficient (Wildman–Crippen LogP) is 8.40. The molecule has 10 nitrogen and oxygen atoms in total. The van der Waals surface area contributed by atoms with Crippen molar-refractivity contribution in [1.29, 1.82) is 0 Å². The number of nitrogens with one attached hydrogen (secondary N) is 4. The van der Waals surface area contributed by atoms with Gasteiger partial charge in [-0.2, -0.15) is 13.2 Å². The van der Waals surface area contributed by atoms with Crippen LogP contribution in [0.4, 0.5) is 45.5 Å². The molecule has 230 valence electrons. The van der Waals surface area contributed by atoms with E-state index in [1.165, 1.54) is 25.3 Å². The molecule has 0 spiro atoms. The summed E-state index contributed by atoms with van der Waals surface area (Å²) in [6.45, 7) is 0. The van der Waals surface area contributed by atoms with Crippen LogP contribution in [-0.2, 0) is 10.9 Å². The summed E-state index contributed by atoms with van der Waals surface area (Å²) >= 11 is 6.55. The summed E-state index contributed by atoms with van der Waals surface area (Å²) < 4.78 is 43.4. The highest BCUT2D eigenvalue weighted by Gasteiger charge is 2.31. The van der Waals surface area contributed by atoms with Crippen molar-refractivity contribution in [2.24, 2.45) is 0 Å². The number of phenols is 2. The number of phenolic OH excluding ortho intramolecular Hbond substituents is 2. The number of carbonyl (C=O) groups excluding carboxylic acids is 3. The molecule has 0 atom stereocenters. The standard InChI is InChI=1S/C15H13BrN2O4.C14H10BrF3N2O2/c1-22-14(20)9-6-7-12(13(19)8-9)18-15(21)17-11-5-3-2-4-10(11)16;15-9-3-1-2-4-10(9)19-13(22)20-11-6-5-8(7-12(11)21)14(16,17)18/h2-8,19H,1H3,(H2,17,18,21);1-7,21H,(H2,19,20,22). The molecule has 4 aromatic carbocycles. The van der Waals surface area contributed by atoms with E-state index in [-0.39, 0.29) is 22.7 Å². The Labute approximate surface area is 265 Å². The van der Waals surface area contributed by atoms with Gasteiger partial charge in [-0.05, 0) is 92.5 Å². The first-order valence-corrected chi connectivity index (χ1v) is 13.8. The number of halogens is 5. The fourth-order valence-electron chi connectivity index (χ4n) is 3.37. The van der Waals surface area contributed by atoms with Gasteiger partial charge in [0.15, 0.2) is 0 Å². The number of hydrogen-bond acceptors (Lipinski definition) is 6. The van der Waals surface area contributed by atoms with Crippen molar-refractivity contribution in [3.05, 3.63) is 105 Å². The smallest absolute Gasteiger partial charge is 0.416 e. The first-order chi connectivity index (χ1) is 20.8. The van der Waals surface area contributed by atoms with Crippen LogP contribution in [0.15, 0.2) is 93.9 Å². The van der Waals surface area contributed by atoms with Crippen LogP contribution in [0.3, 0.4) is 0 Å². The Bertz CT molecular complexity index is 1670. The van der Waals surface area contributed by atoms with Gasteiger partial charge in [-0.1, -0.05) is 24.3 Å². The number of rotatable bonds is 5. The lowest BCUT2D eigenvalue weighted by Crippen LogP contribution is -2.19. The van der Waals surface area contributed by atoms with Gasteiger partial charge in [-0.25, -0.2) is 14.4 Å². The Kier molecular flexibility index (Phi) is 11.6. The van der Waals surface area contributed by atoms with Gasteiger partial charge < -0.3 is 36.2 Å². The summed E-state index contributed by atoms with van der Waals surface area (Å²) in [4.78, 5) is 35.0. The van der Waals surface area contributed by atoms with E-state index in [2.05, 4.69) is 57.9 Å². The van der Waals surface area contributed by atoms with Gasteiger partial charge in [0.1, 0.15) is 11.5 Å². The van der Waals surface area contributed by atoms with Crippen LogP contribution in [-0.4, -0.2) is 35.4 Å². The maximum Gasteiger partial charge on any atom is 0.416 e. The van der Waals surface area contributed by atoms with Crippen LogP contribution in [0, 0.1) is 0 Å². The SMILES string of the molecule is COC(=O)c1ccc(NC(=O)Nc2ccccc2Br)c(O)c1.O=C(Nc1ccc(C(F)(F)F)cc1O)Nc1ccccc1Br. The predicted molar refractivity (Wildman–Crippen MR) is 166 cm³/mol. The van der Waals surface area contributed by atoms with Crippen LogP contribution in [0.5, 0.6) is 11.5 Å². The lowest BCUT2D eigenvalue weighted by molar-refractivity contribution is -0.137.